The van der Waals surface area contributed by atoms with Crippen molar-refractivity contribution in [3.8, 4) is 16.9 Å². The van der Waals surface area contributed by atoms with Crippen LogP contribution in [0.1, 0.15) is 45.3 Å². The third kappa shape index (κ3) is 6.00. The maximum absolute atomic E-state index is 13.6. The average Bonchev–Trinajstić information content (AvgIpc) is 3.43. The molecule has 0 spiro atoms. The Morgan fingerprint density at radius 2 is 1.82 bits per heavy atom. The van der Waals surface area contributed by atoms with Crippen molar-refractivity contribution in [3.05, 3.63) is 102 Å². The van der Waals surface area contributed by atoms with Gasteiger partial charge in [0.25, 0.3) is 11.8 Å². The minimum Gasteiger partial charge on any atom is -0.491 e. The van der Waals surface area contributed by atoms with Crippen LogP contribution in [0.15, 0.2) is 79.3 Å². The molecule has 0 saturated carbocycles. The quantitative estimate of drug-likeness (QED) is 0.392. The zero-order valence-corrected chi connectivity index (χ0v) is 22.4. The molecule has 8 nitrogen and oxygen atoms in total. The number of carbonyl (C=O) groups excluding carboxylic acids is 2. The van der Waals surface area contributed by atoms with Crippen LogP contribution in [0.5, 0.6) is 5.75 Å². The number of amides is 2. The Hall–Kier alpha value is -4.46. The van der Waals surface area contributed by atoms with Crippen LogP contribution in [0.25, 0.3) is 11.1 Å². The van der Waals surface area contributed by atoms with Gasteiger partial charge >= 0.3 is 0 Å². The minimum absolute atomic E-state index is 0.0714. The van der Waals surface area contributed by atoms with Crippen LogP contribution >= 0.6 is 0 Å². The molecule has 0 N–H and O–H groups in total. The third-order valence-corrected chi connectivity index (χ3v) is 6.95. The fraction of sp³-hybridized carbons (Fsp3) is 0.290. The molecule has 1 aliphatic heterocycles. The highest BCUT2D eigenvalue weighted by Gasteiger charge is 2.22. The first-order valence-electron chi connectivity index (χ1n) is 13.3. The molecule has 0 atom stereocenters. The van der Waals surface area contributed by atoms with Crippen LogP contribution in [0.4, 0.5) is 0 Å². The molecule has 8 heteroatoms. The first-order chi connectivity index (χ1) is 19.0. The van der Waals surface area contributed by atoms with E-state index in [0.717, 1.165) is 34.4 Å². The van der Waals surface area contributed by atoms with Gasteiger partial charge in [0, 0.05) is 62.8 Å². The van der Waals surface area contributed by atoms with Crippen LogP contribution in [-0.4, -0.2) is 69.7 Å². The van der Waals surface area contributed by atoms with Crippen molar-refractivity contribution in [3.63, 3.8) is 0 Å². The molecule has 4 aromatic rings. The van der Waals surface area contributed by atoms with Gasteiger partial charge in [-0.25, -0.2) is 0 Å². The number of likely N-dealkylation sites (N-methyl/N-ethyl adjacent to an activating group) is 1. The summed E-state index contributed by atoms with van der Waals surface area (Å²) < 4.78 is 8.05. The summed E-state index contributed by atoms with van der Waals surface area (Å²) in [5.74, 6) is 0.571. The van der Waals surface area contributed by atoms with Gasteiger partial charge in [-0.15, -0.1) is 0 Å². The van der Waals surface area contributed by atoms with E-state index in [1.807, 2.05) is 54.7 Å². The second kappa shape index (κ2) is 11.9. The van der Waals surface area contributed by atoms with E-state index in [2.05, 4.69) is 23.1 Å². The number of nitrogens with zero attached hydrogens (tertiary/aromatic N) is 5. The van der Waals surface area contributed by atoms with Crippen molar-refractivity contribution >= 4 is 11.8 Å². The van der Waals surface area contributed by atoms with Gasteiger partial charge in [0.05, 0.1) is 6.54 Å². The first-order valence-corrected chi connectivity index (χ1v) is 13.3. The highest BCUT2D eigenvalue weighted by Crippen LogP contribution is 2.29. The molecule has 3 heterocycles. The summed E-state index contributed by atoms with van der Waals surface area (Å²) in [4.78, 5) is 34.5. The SMILES string of the molecule is CCCn1nccc1C(=O)N1CCOc2ccc(-c3cccnc3)cc2Cc2cccc(c2)C(=O)N(C)CC1. The molecular formula is C31H33N5O3. The molecule has 5 rings (SSSR count). The predicted molar refractivity (Wildman–Crippen MR) is 150 cm³/mol. The topological polar surface area (TPSA) is 80.6 Å². The Labute approximate surface area is 228 Å². The number of hydrogen-bond donors (Lipinski definition) is 0. The lowest BCUT2D eigenvalue weighted by Gasteiger charge is -2.27. The number of pyridine rings is 1. The van der Waals surface area contributed by atoms with E-state index >= 15 is 0 Å². The Kier molecular flexibility index (Phi) is 8.01. The Bertz CT molecular complexity index is 1450. The summed E-state index contributed by atoms with van der Waals surface area (Å²) in [5, 5.41) is 4.32. The molecule has 1 aliphatic rings. The standard InChI is InChI=1S/C31H33N5O3/c1-3-14-36-28(11-13-33-36)31(38)35-16-15-34(2)30(37)25-7-4-6-23(19-25)20-27-21-24(26-8-5-12-32-22-26)9-10-29(27)39-18-17-35/h4-13,19,21-22H,3,14-18,20H2,1-2H3. The van der Waals surface area contributed by atoms with E-state index in [9.17, 15) is 9.59 Å². The maximum atomic E-state index is 13.6. The summed E-state index contributed by atoms with van der Waals surface area (Å²) in [6.07, 6.45) is 6.73. The van der Waals surface area contributed by atoms with Gasteiger partial charge in [-0.3, -0.25) is 19.3 Å². The van der Waals surface area contributed by atoms with Crippen molar-refractivity contribution in [2.75, 3.05) is 33.3 Å². The molecule has 2 bridgehead atoms. The number of carbonyl (C=O) groups is 2. The lowest BCUT2D eigenvalue weighted by Crippen LogP contribution is -2.42. The average molecular weight is 524 g/mol. The normalized spacial score (nSPS) is 14.4. The molecule has 2 amide bonds. The molecule has 0 saturated heterocycles. The van der Waals surface area contributed by atoms with Crippen molar-refractivity contribution in [2.24, 2.45) is 0 Å². The fourth-order valence-corrected chi connectivity index (χ4v) is 4.85. The van der Waals surface area contributed by atoms with E-state index in [0.29, 0.717) is 50.5 Å². The van der Waals surface area contributed by atoms with Crippen LogP contribution < -0.4 is 4.74 Å². The van der Waals surface area contributed by atoms with Crippen molar-refractivity contribution in [1.29, 1.82) is 0 Å². The van der Waals surface area contributed by atoms with E-state index in [1.165, 1.54) is 0 Å². The van der Waals surface area contributed by atoms with Gasteiger partial charge in [-0.2, -0.15) is 5.10 Å². The molecule has 2 aromatic carbocycles. The summed E-state index contributed by atoms with van der Waals surface area (Å²) >= 11 is 0. The Morgan fingerprint density at radius 3 is 2.64 bits per heavy atom. The lowest BCUT2D eigenvalue weighted by atomic mass is 9.98. The molecule has 2 aromatic heterocycles. The molecule has 200 valence electrons. The summed E-state index contributed by atoms with van der Waals surface area (Å²) in [6.45, 7) is 4.21. The van der Waals surface area contributed by atoms with E-state index < -0.39 is 0 Å². The number of fused-ring (bicyclic) bond motifs is 3. The molecule has 39 heavy (non-hydrogen) atoms. The maximum Gasteiger partial charge on any atom is 0.272 e. The van der Waals surface area contributed by atoms with E-state index in [4.69, 9.17) is 4.74 Å². The lowest BCUT2D eigenvalue weighted by molar-refractivity contribution is 0.0659. The molecule has 0 radical (unpaired) electrons. The summed E-state index contributed by atoms with van der Waals surface area (Å²) in [6, 6.07) is 19.5. The second-order valence-corrected chi connectivity index (χ2v) is 9.75. The van der Waals surface area contributed by atoms with Gasteiger partial charge in [-0.1, -0.05) is 31.2 Å². The Morgan fingerprint density at radius 1 is 0.949 bits per heavy atom. The zero-order valence-electron chi connectivity index (χ0n) is 22.4. The first kappa shape index (κ1) is 26.2. The zero-order chi connectivity index (χ0) is 27.2. The third-order valence-electron chi connectivity index (χ3n) is 6.95. The number of rotatable bonds is 4. The Balaban J connectivity index is 1.48. The van der Waals surface area contributed by atoms with Gasteiger partial charge in [0.1, 0.15) is 18.1 Å². The molecule has 0 aliphatic carbocycles. The monoisotopic (exact) mass is 523 g/mol. The highest BCUT2D eigenvalue weighted by molar-refractivity contribution is 5.94. The number of hydrogen-bond acceptors (Lipinski definition) is 5. The smallest absolute Gasteiger partial charge is 0.272 e. The molecule has 0 fully saturated rings. The number of aromatic nitrogens is 3. The van der Waals surface area contributed by atoms with E-state index in [-0.39, 0.29) is 11.8 Å². The van der Waals surface area contributed by atoms with Crippen LogP contribution in [-0.2, 0) is 13.0 Å². The van der Waals surface area contributed by atoms with Crippen LogP contribution in [0.3, 0.4) is 0 Å². The van der Waals surface area contributed by atoms with Crippen molar-refractivity contribution in [2.45, 2.75) is 26.3 Å². The van der Waals surface area contributed by atoms with Gasteiger partial charge in [0.15, 0.2) is 0 Å². The van der Waals surface area contributed by atoms with Crippen molar-refractivity contribution < 1.29 is 14.3 Å². The number of aryl methyl sites for hydroxylation is 1. The van der Waals surface area contributed by atoms with Gasteiger partial charge in [-0.05, 0) is 59.5 Å². The second-order valence-electron chi connectivity index (χ2n) is 9.75. The number of benzene rings is 2. The van der Waals surface area contributed by atoms with Crippen LogP contribution in [0.2, 0.25) is 0 Å². The predicted octanol–water partition coefficient (Wildman–Crippen LogP) is 4.55. The number of ether oxygens (including phenoxy) is 1. The summed E-state index contributed by atoms with van der Waals surface area (Å²) in [5.41, 5.74) is 5.26. The minimum atomic E-state index is -0.119. The van der Waals surface area contributed by atoms with E-state index in [1.54, 1.807) is 40.0 Å². The van der Waals surface area contributed by atoms with Crippen molar-refractivity contribution in [1.82, 2.24) is 24.6 Å². The fourth-order valence-electron chi connectivity index (χ4n) is 4.85. The largest absolute Gasteiger partial charge is 0.491 e. The molecular weight excluding hydrogens is 490 g/mol. The highest BCUT2D eigenvalue weighted by atomic mass is 16.5. The molecule has 0 unspecified atom stereocenters. The van der Waals surface area contributed by atoms with Gasteiger partial charge < -0.3 is 14.5 Å². The van der Waals surface area contributed by atoms with Gasteiger partial charge in [0.2, 0.25) is 0 Å². The van der Waals surface area contributed by atoms with Crippen LogP contribution in [0, 0.1) is 0 Å². The summed E-state index contributed by atoms with van der Waals surface area (Å²) in [7, 11) is 1.77.